The Hall–Kier alpha value is -1.60. The summed E-state index contributed by atoms with van der Waals surface area (Å²) in [7, 11) is -3.62. The van der Waals surface area contributed by atoms with E-state index >= 15 is 0 Å². The molecular weight excluding hydrogens is 278 g/mol. The van der Waals surface area contributed by atoms with Crippen molar-refractivity contribution in [1.82, 2.24) is 4.72 Å². The second kappa shape index (κ2) is 5.41. The summed E-state index contributed by atoms with van der Waals surface area (Å²) in [6.45, 7) is 5.73. The van der Waals surface area contributed by atoms with Crippen LogP contribution >= 0.6 is 0 Å². The largest absolute Gasteiger partial charge is 0.391 e. The SMILES string of the molecule is CC(O)CN=C1Nc2ccc(C(C)C)cc2S(=O)(=O)N1. The lowest BCUT2D eigenvalue weighted by Crippen LogP contribution is -2.41. The number of sulfonamides is 1. The third kappa shape index (κ3) is 3.10. The van der Waals surface area contributed by atoms with Crippen LogP contribution in [0.3, 0.4) is 0 Å². The van der Waals surface area contributed by atoms with Gasteiger partial charge < -0.3 is 10.4 Å². The molecule has 1 aromatic carbocycles. The fourth-order valence-corrected chi connectivity index (χ4v) is 3.03. The number of guanidine groups is 1. The molecule has 1 unspecified atom stereocenters. The van der Waals surface area contributed by atoms with E-state index in [2.05, 4.69) is 15.0 Å². The van der Waals surface area contributed by atoms with Gasteiger partial charge in [-0.25, -0.2) is 18.1 Å². The van der Waals surface area contributed by atoms with Gasteiger partial charge in [-0.3, -0.25) is 0 Å². The van der Waals surface area contributed by atoms with Gasteiger partial charge in [-0.2, -0.15) is 0 Å². The molecule has 7 heteroatoms. The molecule has 1 aromatic rings. The quantitative estimate of drug-likeness (QED) is 0.783. The van der Waals surface area contributed by atoms with E-state index in [1.54, 1.807) is 19.1 Å². The minimum absolute atomic E-state index is 0.129. The molecule has 110 valence electrons. The van der Waals surface area contributed by atoms with Crippen molar-refractivity contribution in [2.24, 2.45) is 4.99 Å². The van der Waals surface area contributed by atoms with Crippen LogP contribution in [0, 0.1) is 0 Å². The Kier molecular flexibility index (Phi) is 4.01. The monoisotopic (exact) mass is 297 g/mol. The van der Waals surface area contributed by atoms with E-state index in [0.29, 0.717) is 5.69 Å². The molecule has 2 rings (SSSR count). The van der Waals surface area contributed by atoms with Gasteiger partial charge in [0.2, 0.25) is 5.96 Å². The van der Waals surface area contributed by atoms with E-state index in [1.807, 2.05) is 19.9 Å². The van der Waals surface area contributed by atoms with Gasteiger partial charge in [0.15, 0.2) is 0 Å². The predicted octanol–water partition coefficient (Wildman–Crippen LogP) is 1.25. The van der Waals surface area contributed by atoms with Gasteiger partial charge in [0.1, 0.15) is 4.90 Å². The van der Waals surface area contributed by atoms with E-state index in [1.165, 1.54) is 0 Å². The fourth-order valence-electron chi connectivity index (χ4n) is 1.85. The smallest absolute Gasteiger partial charge is 0.266 e. The number of nitrogens with zero attached hydrogens (tertiary/aromatic N) is 1. The van der Waals surface area contributed by atoms with Crippen molar-refractivity contribution >= 4 is 21.7 Å². The van der Waals surface area contributed by atoms with Crippen LogP contribution in [0.5, 0.6) is 0 Å². The van der Waals surface area contributed by atoms with Crippen LogP contribution < -0.4 is 10.0 Å². The molecule has 1 aliphatic heterocycles. The van der Waals surface area contributed by atoms with Crippen molar-refractivity contribution in [3.8, 4) is 0 Å². The standard InChI is InChI=1S/C13H19N3O3S/c1-8(2)10-4-5-11-12(6-10)20(18,19)16-13(15-11)14-7-9(3)17/h4-6,8-9,17H,7H2,1-3H3,(H2,14,15,16). The molecule has 0 amide bonds. The molecule has 0 saturated heterocycles. The number of anilines is 1. The number of fused-ring (bicyclic) bond motifs is 1. The van der Waals surface area contributed by atoms with E-state index in [0.717, 1.165) is 5.56 Å². The highest BCUT2D eigenvalue weighted by molar-refractivity contribution is 7.90. The number of aliphatic hydroxyl groups is 1. The van der Waals surface area contributed by atoms with Gasteiger partial charge in [0, 0.05) is 0 Å². The highest BCUT2D eigenvalue weighted by Gasteiger charge is 2.27. The van der Waals surface area contributed by atoms with Gasteiger partial charge in [0.25, 0.3) is 10.0 Å². The highest BCUT2D eigenvalue weighted by atomic mass is 32.2. The Labute approximate surface area is 119 Å². The first-order valence-corrected chi connectivity index (χ1v) is 7.94. The second-order valence-corrected chi connectivity index (χ2v) is 6.83. The molecule has 0 aliphatic carbocycles. The summed E-state index contributed by atoms with van der Waals surface area (Å²) in [5.74, 6) is 0.386. The maximum Gasteiger partial charge on any atom is 0.266 e. The molecule has 0 bridgehead atoms. The average Bonchev–Trinajstić information content (AvgIpc) is 2.35. The molecule has 0 saturated carbocycles. The topological polar surface area (TPSA) is 90.8 Å². The molecule has 1 heterocycles. The van der Waals surface area contributed by atoms with Crippen molar-refractivity contribution in [3.63, 3.8) is 0 Å². The van der Waals surface area contributed by atoms with Crippen LogP contribution in [0.4, 0.5) is 5.69 Å². The number of hydrogen-bond donors (Lipinski definition) is 3. The minimum atomic E-state index is -3.62. The summed E-state index contributed by atoms with van der Waals surface area (Å²) in [6.07, 6.45) is -0.626. The van der Waals surface area contributed by atoms with Crippen LogP contribution in [0.25, 0.3) is 0 Å². The van der Waals surface area contributed by atoms with Crippen LogP contribution in [0.1, 0.15) is 32.3 Å². The normalized spacial score (nSPS) is 20.1. The average molecular weight is 297 g/mol. The molecule has 0 radical (unpaired) electrons. The van der Waals surface area contributed by atoms with Crippen LogP contribution in [0.15, 0.2) is 28.1 Å². The maximum atomic E-state index is 12.2. The van der Waals surface area contributed by atoms with Gasteiger partial charge in [-0.1, -0.05) is 19.9 Å². The van der Waals surface area contributed by atoms with Crippen molar-refractivity contribution in [1.29, 1.82) is 0 Å². The lowest BCUT2D eigenvalue weighted by molar-refractivity contribution is 0.204. The molecule has 1 atom stereocenters. The van der Waals surface area contributed by atoms with Crippen molar-refractivity contribution in [3.05, 3.63) is 23.8 Å². The lowest BCUT2D eigenvalue weighted by atomic mass is 10.0. The Morgan fingerprint density at radius 2 is 2.00 bits per heavy atom. The molecule has 0 fully saturated rings. The van der Waals surface area contributed by atoms with Gasteiger partial charge >= 0.3 is 0 Å². The zero-order valence-corrected chi connectivity index (χ0v) is 12.5. The molecule has 1 aliphatic rings. The van der Waals surface area contributed by atoms with E-state index < -0.39 is 16.1 Å². The highest BCUT2D eigenvalue weighted by Crippen LogP contribution is 2.28. The summed E-state index contributed by atoms with van der Waals surface area (Å²) < 4.78 is 26.8. The fraction of sp³-hybridized carbons (Fsp3) is 0.462. The molecule has 3 N–H and O–H groups in total. The van der Waals surface area contributed by atoms with Crippen molar-refractivity contribution in [2.45, 2.75) is 37.7 Å². The van der Waals surface area contributed by atoms with Gasteiger partial charge in [0.05, 0.1) is 18.3 Å². The number of benzene rings is 1. The minimum Gasteiger partial charge on any atom is -0.391 e. The molecular formula is C13H19N3O3S. The molecule has 0 spiro atoms. The van der Waals surface area contributed by atoms with Crippen LogP contribution in [-0.4, -0.2) is 32.1 Å². The summed E-state index contributed by atoms with van der Waals surface area (Å²) in [4.78, 5) is 4.22. The lowest BCUT2D eigenvalue weighted by Gasteiger charge is -2.22. The maximum absolute atomic E-state index is 12.2. The summed E-state index contributed by atoms with van der Waals surface area (Å²) in [5.41, 5.74) is 1.46. The first-order chi connectivity index (χ1) is 9.29. The summed E-state index contributed by atoms with van der Waals surface area (Å²) >= 11 is 0. The Morgan fingerprint density at radius 3 is 2.60 bits per heavy atom. The van der Waals surface area contributed by atoms with Crippen LogP contribution in [-0.2, 0) is 10.0 Å². The first-order valence-electron chi connectivity index (χ1n) is 6.46. The predicted molar refractivity (Wildman–Crippen MR) is 78.5 cm³/mol. The number of rotatable bonds is 3. The van der Waals surface area contributed by atoms with Crippen molar-refractivity contribution in [2.75, 3.05) is 11.9 Å². The van der Waals surface area contributed by atoms with E-state index in [-0.39, 0.29) is 23.3 Å². The Balaban J connectivity index is 2.39. The first kappa shape index (κ1) is 14.8. The third-order valence-electron chi connectivity index (χ3n) is 2.96. The molecule has 6 nitrogen and oxygen atoms in total. The summed E-state index contributed by atoms with van der Waals surface area (Å²) in [5, 5.41) is 12.1. The zero-order valence-electron chi connectivity index (χ0n) is 11.7. The number of aliphatic imine (C=N–C) groups is 1. The van der Waals surface area contributed by atoms with E-state index in [4.69, 9.17) is 0 Å². The number of aliphatic hydroxyl groups excluding tert-OH is 1. The van der Waals surface area contributed by atoms with Gasteiger partial charge in [-0.15, -0.1) is 0 Å². The van der Waals surface area contributed by atoms with Gasteiger partial charge in [-0.05, 0) is 30.5 Å². The zero-order chi connectivity index (χ0) is 14.9. The molecule has 20 heavy (non-hydrogen) atoms. The third-order valence-corrected chi connectivity index (χ3v) is 4.34. The second-order valence-electron chi connectivity index (χ2n) is 5.18. The van der Waals surface area contributed by atoms with Crippen molar-refractivity contribution < 1.29 is 13.5 Å². The Morgan fingerprint density at radius 1 is 1.30 bits per heavy atom. The number of nitrogens with one attached hydrogen (secondary N) is 2. The Bertz CT molecular complexity index is 636. The summed E-state index contributed by atoms with van der Waals surface area (Å²) in [6, 6.07) is 5.30. The molecule has 0 aromatic heterocycles. The van der Waals surface area contributed by atoms with Crippen LogP contribution in [0.2, 0.25) is 0 Å². The van der Waals surface area contributed by atoms with E-state index in [9.17, 15) is 13.5 Å². The number of hydrogen-bond acceptors (Lipinski definition) is 4.